The van der Waals surface area contributed by atoms with Crippen molar-refractivity contribution >= 4 is 5.91 Å². The normalized spacial score (nSPS) is 15.9. The Kier molecular flexibility index (Phi) is 2.59. The SMILES string of the molecule is O=C(NC1COC1)c1ccnc(F)c1F. The molecule has 1 N–H and O–H groups in total. The Balaban J connectivity index is 2.13. The summed E-state index contributed by atoms with van der Waals surface area (Å²) in [4.78, 5) is 14.5. The molecule has 0 unspecified atom stereocenters. The average Bonchev–Trinajstić information content (AvgIpc) is 2.15. The zero-order chi connectivity index (χ0) is 10.8. The van der Waals surface area contributed by atoms with E-state index in [1.807, 2.05) is 0 Å². The van der Waals surface area contributed by atoms with Crippen LogP contribution in [0, 0.1) is 11.8 Å². The molecule has 0 aliphatic carbocycles. The molecule has 1 fully saturated rings. The van der Waals surface area contributed by atoms with Crippen molar-refractivity contribution in [2.24, 2.45) is 0 Å². The highest BCUT2D eigenvalue weighted by Gasteiger charge is 2.23. The van der Waals surface area contributed by atoms with E-state index in [4.69, 9.17) is 4.74 Å². The molecule has 1 aromatic heterocycles. The van der Waals surface area contributed by atoms with Crippen LogP contribution in [0.5, 0.6) is 0 Å². The lowest BCUT2D eigenvalue weighted by molar-refractivity contribution is -0.00354. The molecule has 1 aliphatic heterocycles. The van der Waals surface area contributed by atoms with E-state index in [1.165, 1.54) is 0 Å². The number of amides is 1. The first kappa shape index (κ1) is 9.97. The summed E-state index contributed by atoms with van der Waals surface area (Å²) in [6.07, 6.45) is 1.05. The maximum absolute atomic E-state index is 13.1. The lowest BCUT2D eigenvalue weighted by Crippen LogP contribution is -2.48. The van der Waals surface area contributed by atoms with Gasteiger partial charge in [0.2, 0.25) is 5.95 Å². The van der Waals surface area contributed by atoms with Gasteiger partial charge in [-0.05, 0) is 6.07 Å². The molecule has 1 aliphatic rings. The van der Waals surface area contributed by atoms with Gasteiger partial charge in [-0.25, -0.2) is 9.37 Å². The maximum Gasteiger partial charge on any atom is 0.254 e. The van der Waals surface area contributed by atoms with Crippen LogP contribution in [-0.2, 0) is 4.74 Å². The minimum absolute atomic E-state index is 0.117. The molecule has 0 saturated carbocycles. The highest BCUT2D eigenvalue weighted by atomic mass is 19.2. The van der Waals surface area contributed by atoms with E-state index in [0.717, 1.165) is 12.3 Å². The highest BCUT2D eigenvalue weighted by Crippen LogP contribution is 2.10. The van der Waals surface area contributed by atoms with E-state index >= 15 is 0 Å². The maximum atomic E-state index is 13.1. The number of pyridine rings is 1. The van der Waals surface area contributed by atoms with Crippen molar-refractivity contribution in [2.75, 3.05) is 13.2 Å². The van der Waals surface area contributed by atoms with Crippen LogP contribution in [0.25, 0.3) is 0 Å². The average molecular weight is 214 g/mol. The number of hydrogen-bond acceptors (Lipinski definition) is 3. The number of ether oxygens (including phenoxy) is 1. The van der Waals surface area contributed by atoms with E-state index in [0.29, 0.717) is 13.2 Å². The van der Waals surface area contributed by atoms with Crippen LogP contribution in [0.4, 0.5) is 8.78 Å². The van der Waals surface area contributed by atoms with Crippen molar-refractivity contribution < 1.29 is 18.3 Å². The fourth-order valence-corrected chi connectivity index (χ4v) is 1.18. The summed E-state index contributed by atoms with van der Waals surface area (Å²) in [6.45, 7) is 0.807. The fraction of sp³-hybridized carbons (Fsp3) is 0.333. The lowest BCUT2D eigenvalue weighted by Gasteiger charge is -2.26. The highest BCUT2D eigenvalue weighted by molar-refractivity contribution is 5.94. The van der Waals surface area contributed by atoms with Gasteiger partial charge in [0.25, 0.3) is 5.91 Å². The van der Waals surface area contributed by atoms with E-state index < -0.39 is 17.7 Å². The van der Waals surface area contributed by atoms with Crippen molar-refractivity contribution in [3.05, 3.63) is 29.6 Å². The topological polar surface area (TPSA) is 51.2 Å². The van der Waals surface area contributed by atoms with Gasteiger partial charge >= 0.3 is 0 Å². The van der Waals surface area contributed by atoms with Gasteiger partial charge in [0.05, 0.1) is 24.8 Å². The number of hydrogen-bond donors (Lipinski definition) is 1. The lowest BCUT2D eigenvalue weighted by atomic mass is 10.2. The van der Waals surface area contributed by atoms with Crippen molar-refractivity contribution in [1.82, 2.24) is 10.3 Å². The molecule has 0 bridgehead atoms. The Morgan fingerprint density at radius 2 is 2.27 bits per heavy atom. The second kappa shape index (κ2) is 3.90. The first-order chi connectivity index (χ1) is 7.18. The zero-order valence-corrected chi connectivity index (χ0v) is 7.67. The molecule has 0 aromatic carbocycles. The zero-order valence-electron chi connectivity index (χ0n) is 7.67. The minimum atomic E-state index is -1.27. The third kappa shape index (κ3) is 1.94. The molecule has 1 saturated heterocycles. The number of carbonyl (C=O) groups is 1. The van der Waals surface area contributed by atoms with E-state index in [9.17, 15) is 13.6 Å². The summed E-state index contributed by atoms with van der Waals surface area (Å²) in [6, 6.07) is 1.01. The molecular formula is C9H8F2N2O2. The van der Waals surface area contributed by atoms with Gasteiger partial charge in [-0.1, -0.05) is 0 Å². The smallest absolute Gasteiger partial charge is 0.254 e. The van der Waals surface area contributed by atoms with Crippen LogP contribution < -0.4 is 5.32 Å². The number of aromatic nitrogens is 1. The summed E-state index contributed by atoms with van der Waals surface area (Å²) in [5.41, 5.74) is -0.339. The molecule has 2 rings (SSSR count). The number of rotatable bonds is 2. The second-order valence-corrected chi connectivity index (χ2v) is 3.17. The Labute approximate surface area is 84.3 Å². The third-order valence-corrected chi connectivity index (χ3v) is 2.06. The number of nitrogens with zero attached hydrogens (tertiary/aromatic N) is 1. The van der Waals surface area contributed by atoms with Crippen molar-refractivity contribution in [2.45, 2.75) is 6.04 Å². The molecule has 15 heavy (non-hydrogen) atoms. The Morgan fingerprint density at radius 3 is 2.87 bits per heavy atom. The van der Waals surface area contributed by atoms with Gasteiger partial charge in [0.15, 0.2) is 5.82 Å². The molecule has 6 heteroatoms. The fourth-order valence-electron chi connectivity index (χ4n) is 1.18. The Morgan fingerprint density at radius 1 is 1.53 bits per heavy atom. The summed E-state index contributed by atoms with van der Waals surface area (Å²) >= 11 is 0. The van der Waals surface area contributed by atoms with Crippen LogP contribution in [0.2, 0.25) is 0 Å². The van der Waals surface area contributed by atoms with Gasteiger partial charge in [-0.3, -0.25) is 4.79 Å². The summed E-state index contributed by atoms with van der Waals surface area (Å²) in [5, 5.41) is 2.50. The molecule has 0 radical (unpaired) electrons. The van der Waals surface area contributed by atoms with Gasteiger partial charge in [-0.15, -0.1) is 0 Å². The minimum Gasteiger partial charge on any atom is -0.377 e. The molecule has 2 heterocycles. The Bertz CT molecular complexity index is 394. The quantitative estimate of drug-likeness (QED) is 0.729. The summed E-state index contributed by atoms with van der Waals surface area (Å²) in [5.74, 6) is -3.15. The second-order valence-electron chi connectivity index (χ2n) is 3.17. The Hall–Kier alpha value is -1.56. The van der Waals surface area contributed by atoms with Crippen molar-refractivity contribution in [3.63, 3.8) is 0 Å². The number of nitrogens with one attached hydrogen (secondary N) is 1. The van der Waals surface area contributed by atoms with Gasteiger partial charge < -0.3 is 10.1 Å². The first-order valence-corrected chi connectivity index (χ1v) is 4.37. The van der Waals surface area contributed by atoms with E-state index in [-0.39, 0.29) is 11.6 Å². The van der Waals surface area contributed by atoms with Gasteiger partial charge in [-0.2, -0.15) is 4.39 Å². The van der Waals surface area contributed by atoms with E-state index in [2.05, 4.69) is 10.3 Å². The summed E-state index contributed by atoms with van der Waals surface area (Å²) < 4.78 is 30.6. The molecule has 4 nitrogen and oxygen atoms in total. The van der Waals surface area contributed by atoms with Crippen LogP contribution in [0.3, 0.4) is 0 Å². The third-order valence-electron chi connectivity index (χ3n) is 2.06. The monoisotopic (exact) mass is 214 g/mol. The molecular weight excluding hydrogens is 206 g/mol. The molecule has 80 valence electrons. The van der Waals surface area contributed by atoms with Crippen LogP contribution >= 0.6 is 0 Å². The molecule has 1 amide bonds. The predicted octanol–water partition coefficient (Wildman–Crippen LogP) is 0.488. The van der Waals surface area contributed by atoms with Crippen molar-refractivity contribution in [3.8, 4) is 0 Å². The predicted molar refractivity (Wildman–Crippen MR) is 46.2 cm³/mol. The summed E-state index contributed by atoms with van der Waals surface area (Å²) in [7, 11) is 0. The largest absolute Gasteiger partial charge is 0.377 e. The number of halogens is 2. The molecule has 0 spiro atoms. The molecule has 1 aromatic rings. The standard InChI is InChI=1S/C9H8F2N2O2/c10-7-6(1-2-12-8(7)11)9(14)13-5-3-15-4-5/h1-2,5H,3-4H2,(H,13,14). The molecule has 0 atom stereocenters. The van der Waals surface area contributed by atoms with E-state index in [1.54, 1.807) is 0 Å². The van der Waals surface area contributed by atoms with Crippen LogP contribution in [-0.4, -0.2) is 30.1 Å². The van der Waals surface area contributed by atoms with Crippen LogP contribution in [0.15, 0.2) is 12.3 Å². The van der Waals surface area contributed by atoms with Gasteiger partial charge in [0, 0.05) is 6.20 Å². The van der Waals surface area contributed by atoms with Gasteiger partial charge in [0.1, 0.15) is 0 Å². The first-order valence-electron chi connectivity index (χ1n) is 4.37. The van der Waals surface area contributed by atoms with Crippen molar-refractivity contribution in [1.29, 1.82) is 0 Å². The van der Waals surface area contributed by atoms with Crippen LogP contribution in [0.1, 0.15) is 10.4 Å². The number of carbonyl (C=O) groups excluding carboxylic acids is 1.